The largest absolute Gasteiger partial charge is 0.354 e. The smallest absolute Gasteiger partial charge is 0.244 e. The van der Waals surface area contributed by atoms with Crippen molar-refractivity contribution in [2.75, 3.05) is 23.7 Å². The second-order valence-corrected chi connectivity index (χ2v) is 11.4. The zero-order valence-electron chi connectivity index (χ0n) is 22.5. The fraction of sp³-hybridized carbons (Fsp3) is 0.500. The lowest BCUT2D eigenvalue weighted by Crippen LogP contribution is -2.52. The first-order valence-corrected chi connectivity index (χ1v) is 14.5. The fourth-order valence-corrected chi connectivity index (χ4v) is 5.06. The SMILES string of the molecule is CCCCNC(=O)[C@@H](CC)N(Cc1ccccc1C)C(=O)CN(c1ccccc1C(C)C)S(C)(=O)=O. The molecule has 2 aromatic rings. The van der Waals surface area contributed by atoms with Crippen molar-refractivity contribution in [3.63, 3.8) is 0 Å². The normalized spacial score (nSPS) is 12.3. The number of nitrogens with one attached hydrogen (secondary N) is 1. The Morgan fingerprint density at radius 1 is 1.00 bits per heavy atom. The van der Waals surface area contributed by atoms with Crippen molar-refractivity contribution in [3.05, 3.63) is 65.2 Å². The van der Waals surface area contributed by atoms with Gasteiger partial charge in [0.1, 0.15) is 12.6 Å². The zero-order chi connectivity index (χ0) is 26.9. The topological polar surface area (TPSA) is 86.8 Å². The fourth-order valence-electron chi connectivity index (χ4n) is 4.19. The van der Waals surface area contributed by atoms with Crippen LogP contribution in [0.15, 0.2) is 48.5 Å². The summed E-state index contributed by atoms with van der Waals surface area (Å²) >= 11 is 0. The van der Waals surface area contributed by atoms with Crippen molar-refractivity contribution in [1.29, 1.82) is 0 Å². The summed E-state index contributed by atoms with van der Waals surface area (Å²) in [5.41, 5.74) is 3.24. The number of nitrogens with zero attached hydrogens (tertiary/aromatic N) is 2. The Morgan fingerprint density at radius 3 is 2.22 bits per heavy atom. The maximum absolute atomic E-state index is 13.8. The number of rotatable bonds is 13. The molecule has 0 bridgehead atoms. The monoisotopic (exact) mass is 515 g/mol. The van der Waals surface area contributed by atoms with Gasteiger partial charge in [0, 0.05) is 13.1 Å². The van der Waals surface area contributed by atoms with Crippen LogP contribution in [0.1, 0.15) is 69.6 Å². The van der Waals surface area contributed by atoms with Gasteiger partial charge in [0.25, 0.3) is 0 Å². The first kappa shape index (κ1) is 29.4. The lowest BCUT2D eigenvalue weighted by Gasteiger charge is -2.33. The van der Waals surface area contributed by atoms with E-state index in [2.05, 4.69) is 5.32 Å². The number of hydrogen-bond donors (Lipinski definition) is 1. The average molecular weight is 516 g/mol. The van der Waals surface area contributed by atoms with Crippen LogP contribution in [0, 0.1) is 6.92 Å². The molecule has 0 spiro atoms. The Morgan fingerprint density at radius 2 is 1.64 bits per heavy atom. The molecule has 36 heavy (non-hydrogen) atoms. The summed E-state index contributed by atoms with van der Waals surface area (Å²) in [5, 5.41) is 2.94. The third kappa shape index (κ3) is 7.82. The summed E-state index contributed by atoms with van der Waals surface area (Å²) < 4.78 is 27.0. The molecular weight excluding hydrogens is 474 g/mol. The first-order valence-electron chi connectivity index (χ1n) is 12.7. The van der Waals surface area contributed by atoms with Crippen molar-refractivity contribution >= 4 is 27.5 Å². The van der Waals surface area contributed by atoms with E-state index in [9.17, 15) is 18.0 Å². The summed E-state index contributed by atoms with van der Waals surface area (Å²) in [6, 6.07) is 14.2. The molecule has 0 aliphatic rings. The molecule has 2 rings (SSSR count). The quantitative estimate of drug-likeness (QED) is 0.395. The number of anilines is 1. The molecule has 0 fully saturated rings. The number of unbranched alkanes of at least 4 members (excludes halogenated alkanes) is 1. The number of carbonyl (C=O) groups excluding carboxylic acids is 2. The van der Waals surface area contributed by atoms with Gasteiger partial charge in [-0.25, -0.2) is 8.42 Å². The van der Waals surface area contributed by atoms with Gasteiger partial charge in [-0.15, -0.1) is 0 Å². The molecule has 0 saturated carbocycles. The molecular formula is C28H41N3O4S. The van der Waals surface area contributed by atoms with E-state index >= 15 is 0 Å². The summed E-state index contributed by atoms with van der Waals surface area (Å²) in [6.45, 7) is 10.2. The molecule has 0 heterocycles. The van der Waals surface area contributed by atoms with E-state index in [1.165, 1.54) is 4.90 Å². The van der Waals surface area contributed by atoms with Gasteiger partial charge in [-0.05, 0) is 48.4 Å². The van der Waals surface area contributed by atoms with Gasteiger partial charge in [0.2, 0.25) is 21.8 Å². The van der Waals surface area contributed by atoms with Crippen LogP contribution < -0.4 is 9.62 Å². The number of benzene rings is 2. The average Bonchev–Trinajstić information content (AvgIpc) is 2.82. The molecule has 2 amide bonds. The highest BCUT2D eigenvalue weighted by molar-refractivity contribution is 7.92. The molecule has 198 valence electrons. The van der Waals surface area contributed by atoms with Crippen LogP contribution in [-0.4, -0.2) is 50.5 Å². The van der Waals surface area contributed by atoms with Crippen molar-refractivity contribution in [2.24, 2.45) is 0 Å². The minimum Gasteiger partial charge on any atom is -0.354 e. The second kappa shape index (κ2) is 13.4. The number of carbonyl (C=O) groups is 2. The van der Waals surface area contributed by atoms with E-state index in [0.717, 1.165) is 40.1 Å². The molecule has 1 atom stereocenters. The molecule has 0 unspecified atom stereocenters. The first-order chi connectivity index (χ1) is 17.0. The van der Waals surface area contributed by atoms with Crippen molar-refractivity contribution < 1.29 is 18.0 Å². The van der Waals surface area contributed by atoms with Crippen molar-refractivity contribution in [3.8, 4) is 0 Å². The van der Waals surface area contributed by atoms with Crippen LogP contribution in [-0.2, 0) is 26.2 Å². The molecule has 0 aliphatic carbocycles. The molecule has 0 aromatic heterocycles. The van der Waals surface area contributed by atoms with Gasteiger partial charge < -0.3 is 10.2 Å². The predicted molar refractivity (Wildman–Crippen MR) is 146 cm³/mol. The Kier molecular flexibility index (Phi) is 11.0. The Hall–Kier alpha value is -2.87. The van der Waals surface area contributed by atoms with Crippen LogP contribution in [0.4, 0.5) is 5.69 Å². The lowest BCUT2D eigenvalue weighted by molar-refractivity contribution is -0.140. The maximum Gasteiger partial charge on any atom is 0.244 e. The third-order valence-corrected chi connectivity index (χ3v) is 7.45. The van der Waals surface area contributed by atoms with Gasteiger partial charge in [0.15, 0.2) is 0 Å². The van der Waals surface area contributed by atoms with Gasteiger partial charge in [-0.3, -0.25) is 13.9 Å². The summed E-state index contributed by atoms with van der Waals surface area (Å²) in [7, 11) is -3.77. The van der Waals surface area contributed by atoms with Gasteiger partial charge >= 0.3 is 0 Å². The number of para-hydroxylation sites is 1. The van der Waals surface area contributed by atoms with Crippen LogP contribution in [0.2, 0.25) is 0 Å². The number of aryl methyl sites for hydroxylation is 1. The molecule has 0 saturated heterocycles. The van der Waals surface area contributed by atoms with Gasteiger partial charge in [-0.1, -0.05) is 76.6 Å². The summed E-state index contributed by atoms with van der Waals surface area (Å²) in [5.74, 6) is -0.572. The molecule has 2 aromatic carbocycles. The standard InChI is InChI=1S/C28H41N3O4S/c1-7-9-18-29-28(33)25(8-2)30(19-23-15-11-10-14-22(23)5)27(32)20-31(36(6,34)35)26-17-13-12-16-24(26)21(3)4/h10-17,21,25H,7-9,18-20H2,1-6H3,(H,29,33)/t25-/m1/s1. The van der Waals surface area contributed by atoms with Gasteiger partial charge in [0.05, 0.1) is 11.9 Å². The highest BCUT2D eigenvalue weighted by Gasteiger charge is 2.32. The number of sulfonamides is 1. The van der Waals surface area contributed by atoms with E-state index in [0.29, 0.717) is 18.7 Å². The van der Waals surface area contributed by atoms with E-state index in [1.807, 2.05) is 71.0 Å². The van der Waals surface area contributed by atoms with E-state index in [-0.39, 0.29) is 24.9 Å². The van der Waals surface area contributed by atoms with Crippen LogP contribution in [0.3, 0.4) is 0 Å². The predicted octanol–water partition coefficient (Wildman–Crippen LogP) is 4.61. The van der Waals surface area contributed by atoms with Crippen molar-refractivity contribution in [2.45, 2.75) is 72.4 Å². The van der Waals surface area contributed by atoms with E-state index < -0.39 is 22.0 Å². The van der Waals surface area contributed by atoms with Gasteiger partial charge in [-0.2, -0.15) is 0 Å². The Balaban J connectivity index is 2.48. The zero-order valence-corrected chi connectivity index (χ0v) is 23.3. The molecule has 7 nitrogen and oxygen atoms in total. The van der Waals surface area contributed by atoms with Crippen LogP contribution in [0.5, 0.6) is 0 Å². The van der Waals surface area contributed by atoms with Crippen LogP contribution in [0.25, 0.3) is 0 Å². The van der Waals surface area contributed by atoms with Crippen molar-refractivity contribution in [1.82, 2.24) is 10.2 Å². The summed E-state index contributed by atoms with van der Waals surface area (Å²) in [6.07, 6.45) is 3.32. The highest BCUT2D eigenvalue weighted by Crippen LogP contribution is 2.29. The summed E-state index contributed by atoms with van der Waals surface area (Å²) in [4.78, 5) is 28.5. The Labute approximate surface area is 216 Å². The second-order valence-electron chi connectivity index (χ2n) is 9.50. The highest BCUT2D eigenvalue weighted by atomic mass is 32.2. The molecule has 0 radical (unpaired) electrons. The molecule has 0 aliphatic heterocycles. The Bertz CT molecular complexity index is 1130. The number of amides is 2. The molecule has 8 heteroatoms. The maximum atomic E-state index is 13.8. The minimum absolute atomic E-state index is 0.0661. The lowest BCUT2D eigenvalue weighted by atomic mass is 10.0. The number of hydrogen-bond acceptors (Lipinski definition) is 4. The van der Waals surface area contributed by atoms with E-state index in [4.69, 9.17) is 0 Å². The third-order valence-electron chi connectivity index (χ3n) is 6.32. The van der Waals surface area contributed by atoms with E-state index in [1.54, 1.807) is 12.1 Å². The van der Waals surface area contributed by atoms with Crippen LogP contribution >= 0.6 is 0 Å². The minimum atomic E-state index is -3.77. The molecule has 1 N–H and O–H groups in total.